The second-order valence-corrected chi connectivity index (χ2v) is 2.84. The third kappa shape index (κ3) is 2.20. The first-order chi connectivity index (χ1) is 6.99. The zero-order valence-corrected chi connectivity index (χ0v) is 7.81. The predicted molar refractivity (Wildman–Crippen MR) is 45.8 cm³/mol. The van der Waals surface area contributed by atoms with Crippen molar-refractivity contribution in [2.75, 3.05) is 7.11 Å². The molecule has 0 heterocycles. The normalized spacial score (nSPS) is 13.0. The monoisotopic (exact) mass is 223 g/mol. The number of nitrogens with two attached hydrogens (primary N) is 1. The van der Waals surface area contributed by atoms with Gasteiger partial charge in [-0.25, -0.2) is 13.2 Å². The number of hydrogen-bond acceptors (Lipinski definition) is 2. The number of halogens is 4. The largest absolute Gasteiger partial charge is 0.493 e. The van der Waals surface area contributed by atoms with Crippen LogP contribution in [0.1, 0.15) is 11.6 Å². The molecule has 1 atom stereocenters. The van der Waals surface area contributed by atoms with Crippen LogP contribution in [0.3, 0.4) is 0 Å². The van der Waals surface area contributed by atoms with Gasteiger partial charge in [-0.15, -0.1) is 0 Å². The lowest BCUT2D eigenvalue weighted by Crippen LogP contribution is -2.20. The summed E-state index contributed by atoms with van der Waals surface area (Å²) in [5.41, 5.74) is 4.86. The van der Waals surface area contributed by atoms with Gasteiger partial charge in [-0.2, -0.15) is 4.39 Å². The standard InChI is InChI=1S/C9H9F4NO/c1-15-8-4(7(14)9(12)13)2-3-5(10)6(8)11/h2-3,7,9H,14H2,1H3. The van der Waals surface area contributed by atoms with Crippen molar-refractivity contribution in [3.8, 4) is 5.75 Å². The van der Waals surface area contributed by atoms with Crippen molar-refractivity contribution in [2.45, 2.75) is 12.5 Å². The highest BCUT2D eigenvalue weighted by Gasteiger charge is 2.24. The molecule has 1 aromatic rings. The molecule has 0 amide bonds. The van der Waals surface area contributed by atoms with Crippen LogP contribution in [0.4, 0.5) is 17.6 Å². The highest BCUT2D eigenvalue weighted by molar-refractivity contribution is 5.38. The highest BCUT2D eigenvalue weighted by atomic mass is 19.3. The third-order valence-corrected chi connectivity index (χ3v) is 1.92. The lowest BCUT2D eigenvalue weighted by molar-refractivity contribution is 0.114. The number of ether oxygens (including phenoxy) is 1. The predicted octanol–water partition coefficient (Wildman–Crippen LogP) is 2.24. The molecule has 0 aliphatic rings. The second kappa shape index (κ2) is 4.48. The zero-order chi connectivity index (χ0) is 11.6. The fourth-order valence-electron chi connectivity index (χ4n) is 1.15. The van der Waals surface area contributed by atoms with Crippen molar-refractivity contribution in [2.24, 2.45) is 5.73 Å². The average Bonchev–Trinajstić information content (AvgIpc) is 2.20. The summed E-state index contributed by atoms with van der Waals surface area (Å²) < 4.78 is 54.8. The summed E-state index contributed by atoms with van der Waals surface area (Å²) in [6.07, 6.45) is -2.87. The molecule has 0 aliphatic carbocycles. The van der Waals surface area contributed by atoms with Gasteiger partial charge in [0.25, 0.3) is 6.43 Å². The molecule has 2 N–H and O–H groups in total. The molecule has 0 bridgehead atoms. The first-order valence-electron chi connectivity index (χ1n) is 4.04. The molecule has 2 nitrogen and oxygen atoms in total. The molecule has 0 fully saturated rings. The maximum absolute atomic E-state index is 13.1. The Kier molecular flexibility index (Phi) is 3.52. The van der Waals surface area contributed by atoms with E-state index in [0.29, 0.717) is 0 Å². The Morgan fingerprint density at radius 3 is 2.33 bits per heavy atom. The van der Waals surface area contributed by atoms with Gasteiger partial charge in [-0.1, -0.05) is 6.07 Å². The summed E-state index contributed by atoms with van der Waals surface area (Å²) >= 11 is 0. The minimum atomic E-state index is -2.87. The molecule has 0 aliphatic heterocycles. The van der Waals surface area contributed by atoms with Gasteiger partial charge < -0.3 is 10.5 Å². The average molecular weight is 223 g/mol. The van der Waals surface area contributed by atoms with Crippen LogP contribution in [0.25, 0.3) is 0 Å². The molecule has 6 heteroatoms. The molecule has 84 valence electrons. The lowest BCUT2D eigenvalue weighted by Gasteiger charge is -2.15. The van der Waals surface area contributed by atoms with Crippen LogP contribution in [0.2, 0.25) is 0 Å². The van der Waals surface area contributed by atoms with Gasteiger partial charge in [0.2, 0.25) is 5.82 Å². The molecule has 0 spiro atoms. The molecular weight excluding hydrogens is 214 g/mol. The summed E-state index contributed by atoms with van der Waals surface area (Å²) in [7, 11) is 1.06. The Balaban J connectivity index is 3.24. The van der Waals surface area contributed by atoms with Crippen molar-refractivity contribution in [3.63, 3.8) is 0 Å². The number of methoxy groups -OCH3 is 1. The molecule has 0 radical (unpaired) electrons. The van der Waals surface area contributed by atoms with Crippen molar-refractivity contribution in [1.29, 1.82) is 0 Å². The van der Waals surface area contributed by atoms with E-state index in [2.05, 4.69) is 4.74 Å². The summed E-state index contributed by atoms with van der Waals surface area (Å²) in [5, 5.41) is 0. The highest BCUT2D eigenvalue weighted by Crippen LogP contribution is 2.31. The molecule has 0 aromatic heterocycles. The van der Waals surface area contributed by atoms with E-state index in [0.717, 1.165) is 19.2 Å². The number of rotatable bonds is 3. The summed E-state index contributed by atoms with van der Waals surface area (Å²) in [6, 6.07) is 0.0128. The van der Waals surface area contributed by atoms with E-state index in [1.54, 1.807) is 0 Å². The Bertz CT molecular complexity index is 356. The van der Waals surface area contributed by atoms with Crippen molar-refractivity contribution in [1.82, 2.24) is 0 Å². The van der Waals surface area contributed by atoms with E-state index in [-0.39, 0.29) is 5.56 Å². The van der Waals surface area contributed by atoms with E-state index in [9.17, 15) is 17.6 Å². The Hall–Kier alpha value is -1.30. The first kappa shape index (κ1) is 11.8. The fraction of sp³-hybridized carbons (Fsp3) is 0.333. The van der Waals surface area contributed by atoms with Gasteiger partial charge in [0, 0.05) is 5.56 Å². The van der Waals surface area contributed by atoms with Gasteiger partial charge in [-0.05, 0) is 6.07 Å². The van der Waals surface area contributed by atoms with E-state index >= 15 is 0 Å². The van der Waals surface area contributed by atoms with Crippen LogP contribution in [0, 0.1) is 11.6 Å². The summed E-state index contributed by atoms with van der Waals surface area (Å²) in [6.45, 7) is 0. The minimum Gasteiger partial charge on any atom is -0.493 e. The van der Waals surface area contributed by atoms with E-state index in [4.69, 9.17) is 5.73 Å². The maximum Gasteiger partial charge on any atom is 0.257 e. The molecule has 1 aromatic carbocycles. The first-order valence-corrected chi connectivity index (χ1v) is 4.04. The molecule has 1 unspecified atom stereocenters. The van der Waals surface area contributed by atoms with Crippen LogP contribution in [0.5, 0.6) is 5.75 Å². The van der Waals surface area contributed by atoms with Gasteiger partial charge in [0.05, 0.1) is 13.2 Å². The van der Waals surface area contributed by atoms with Gasteiger partial charge in [-0.3, -0.25) is 0 Å². The van der Waals surface area contributed by atoms with Crippen molar-refractivity contribution in [3.05, 3.63) is 29.3 Å². The van der Waals surface area contributed by atoms with E-state index in [1.165, 1.54) is 0 Å². The summed E-state index contributed by atoms with van der Waals surface area (Å²) in [5.74, 6) is -3.06. The Morgan fingerprint density at radius 1 is 1.27 bits per heavy atom. The van der Waals surface area contributed by atoms with Gasteiger partial charge in [0.1, 0.15) is 0 Å². The Morgan fingerprint density at radius 2 is 1.87 bits per heavy atom. The number of alkyl halides is 2. The quantitative estimate of drug-likeness (QED) is 0.797. The topological polar surface area (TPSA) is 35.2 Å². The van der Waals surface area contributed by atoms with Crippen LogP contribution in [-0.4, -0.2) is 13.5 Å². The SMILES string of the molecule is COc1c(C(N)C(F)F)ccc(F)c1F. The van der Waals surface area contributed by atoms with Crippen molar-refractivity contribution >= 4 is 0 Å². The van der Waals surface area contributed by atoms with Gasteiger partial charge >= 0.3 is 0 Å². The lowest BCUT2D eigenvalue weighted by atomic mass is 10.1. The Labute approximate surface area is 83.6 Å². The second-order valence-electron chi connectivity index (χ2n) is 2.84. The molecule has 1 rings (SSSR count). The maximum atomic E-state index is 13.1. The van der Waals surface area contributed by atoms with Crippen LogP contribution in [0.15, 0.2) is 12.1 Å². The van der Waals surface area contributed by atoms with E-state index in [1.807, 2.05) is 0 Å². The van der Waals surface area contributed by atoms with Crippen molar-refractivity contribution < 1.29 is 22.3 Å². The molecule has 0 saturated carbocycles. The molecule has 15 heavy (non-hydrogen) atoms. The van der Waals surface area contributed by atoms with E-state index < -0.39 is 29.9 Å². The van der Waals surface area contributed by atoms with Crippen LogP contribution < -0.4 is 10.5 Å². The zero-order valence-electron chi connectivity index (χ0n) is 7.81. The fourth-order valence-corrected chi connectivity index (χ4v) is 1.15. The third-order valence-electron chi connectivity index (χ3n) is 1.92. The minimum absolute atomic E-state index is 0.258. The van der Waals surface area contributed by atoms with Crippen LogP contribution in [-0.2, 0) is 0 Å². The summed E-state index contributed by atoms with van der Waals surface area (Å²) in [4.78, 5) is 0. The smallest absolute Gasteiger partial charge is 0.257 e. The number of benzene rings is 1. The molecular formula is C9H9F4NO. The number of hydrogen-bond donors (Lipinski definition) is 1. The molecule has 0 saturated heterocycles. The van der Waals surface area contributed by atoms with Gasteiger partial charge in [0.15, 0.2) is 11.6 Å². The van der Waals surface area contributed by atoms with Crippen LogP contribution >= 0.6 is 0 Å².